The van der Waals surface area contributed by atoms with Crippen LogP contribution in [0.5, 0.6) is 0 Å². The molecule has 2 amide bonds. The van der Waals surface area contributed by atoms with E-state index in [9.17, 15) is 9.59 Å². The fourth-order valence-electron chi connectivity index (χ4n) is 2.48. The van der Waals surface area contributed by atoms with Crippen LogP contribution in [0.4, 0.5) is 5.69 Å². The molecule has 0 bridgehead atoms. The van der Waals surface area contributed by atoms with Crippen molar-refractivity contribution in [3.05, 3.63) is 65.2 Å². The topological polar surface area (TPSA) is 58.2 Å². The van der Waals surface area contributed by atoms with Gasteiger partial charge in [0.2, 0.25) is 5.91 Å². The van der Waals surface area contributed by atoms with Crippen molar-refractivity contribution in [3.8, 4) is 0 Å². The smallest absolute Gasteiger partial charge is 0.251 e. The number of hydrogen-bond donors (Lipinski definition) is 2. The second kappa shape index (κ2) is 5.40. The van der Waals surface area contributed by atoms with Gasteiger partial charge in [-0.05, 0) is 36.2 Å². The molecule has 4 nitrogen and oxygen atoms in total. The minimum absolute atomic E-state index is 0.0276. The number of fused-ring (bicyclic) bond motifs is 1. The van der Waals surface area contributed by atoms with Crippen LogP contribution >= 0.6 is 0 Å². The molecular formula is C17H16N2O2. The van der Waals surface area contributed by atoms with E-state index in [4.69, 9.17) is 0 Å². The Kier molecular flexibility index (Phi) is 3.44. The van der Waals surface area contributed by atoms with E-state index in [2.05, 4.69) is 10.6 Å². The number of nitrogens with one attached hydrogen (secondary N) is 2. The summed E-state index contributed by atoms with van der Waals surface area (Å²) in [6, 6.07) is 15.0. The highest BCUT2D eigenvalue weighted by Crippen LogP contribution is 2.24. The van der Waals surface area contributed by atoms with Crippen LogP contribution in [0.25, 0.3) is 0 Å². The lowest BCUT2D eigenvalue weighted by Gasteiger charge is -2.14. The van der Waals surface area contributed by atoms with Crippen LogP contribution < -0.4 is 10.6 Å². The maximum atomic E-state index is 12.3. The maximum Gasteiger partial charge on any atom is 0.251 e. The Labute approximate surface area is 123 Å². The van der Waals surface area contributed by atoms with E-state index >= 15 is 0 Å². The Morgan fingerprint density at radius 2 is 1.95 bits per heavy atom. The molecular weight excluding hydrogens is 264 g/mol. The van der Waals surface area contributed by atoms with E-state index in [0.717, 1.165) is 16.8 Å². The van der Waals surface area contributed by atoms with Gasteiger partial charge >= 0.3 is 0 Å². The maximum absolute atomic E-state index is 12.3. The number of carbonyl (C=O) groups excluding carboxylic acids is 2. The Morgan fingerprint density at radius 1 is 1.19 bits per heavy atom. The van der Waals surface area contributed by atoms with Gasteiger partial charge in [0.25, 0.3) is 5.91 Å². The number of hydrogen-bond acceptors (Lipinski definition) is 2. The summed E-state index contributed by atoms with van der Waals surface area (Å²) in [6.07, 6.45) is 0.338. The SMILES string of the molecule is C[C@@H](NC(=O)c1ccc2c(c1)CC(=O)N2)c1ccccc1. The monoisotopic (exact) mass is 280 g/mol. The Morgan fingerprint density at radius 3 is 2.71 bits per heavy atom. The van der Waals surface area contributed by atoms with E-state index in [1.54, 1.807) is 18.2 Å². The summed E-state index contributed by atoms with van der Waals surface area (Å²) in [5, 5.41) is 5.73. The molecule has 0 saturated heterocycles. The number of benzene rings is 2. The van der Waals surface area contributed by atoms with Crippen molar-refractivity contribution >= 4 is 17.5 Å². The van der Waals surface area contributed by atoms with Crippen LogP contribution in [0, 0.1) is 0 Å². The summed E-state index contributed by atoms with van der Waals surface area (Å²) in [5.74, 6) is -0.159. The molecule has 0 unspecified atom stereocenters. The molecule has 0 radical (unpaired) electrons. The standard InChI is InChI=1S/C17H16N2O2/c1-11(12-5-3-2-4-6-12)18-17(21)13-7-8-15-14(9-13)10-16(20)19-15/h2-9,11H,10H2,1H3,(H,18,21)(H,19,20)/t11-/m1/s1. The average molecular weight is 280 g/mol. The molecule has 0 saturated carbocycles. The van der Waals surface area contributed by atoms with Crippen LogP contribution in [0.2, 0.25) is 0 Å². The summed E-state index contributed by atoms with van der Waals surface area (Å²) in [5.41, 5.74) is 3.31. The zero-order valence-electron chi connectivity index (χ0n) is 11.7. The fourth-order valence-corrected chi connectivity index (χ4v) is 2.48. The van der Waals surface area contributed by atoms with Crippen molar-refractivity contribution in [1.82, 2.24) is 5.32 Å². The van der Waals surface area contributed by atoms with Crippen molar-refractivity contribution in [2.75, 3.05) is 5.32 Å². The van der Waals surface area contributed by atoms with Gasteiger partial charge in [0.15, 0.2) is 0 Å². The molecule has 4 heteroatoms. The van der Waals surface area contributed by atoms with E-state index in [1.807, 2.05) is 37.3 Å². The van der Waals surface area contributed by atoms with E-state index in [0.29, 0.717) is 12.0 Å². The molecule has 21 heavy (non-hydrogen) atoms. The number of anilines is 1. The van der Waals surface area contributed by atoms with Crippen LogP contribution in [0.3, 0.4) is 0 Å². The lowest BCUT2D eigenvalue weighted by atomic mass is 10.1. The zero-order chi connectivity index (χ0) is 14.8. The van der Waals surface area contributed by atoms with Crippen molar-refractivity contribution in [2.24, 2.45) is 0 Å². The Balaban J connectivity index is 1.74. The minimum atomic E-state index is -0.131. The Bertz CT molecular complexity index is 695. The van der Waals surface area contributed by atoms with E-state index in [-0.39, 0.29) is 17.9 Å². The molecule has 1 heterocycles. The summed E-state index contributed by atoms with van der Waals surface area (Å²) in [6.45, 7) is 1.95. The highest BCUT2D eigenvalue weighted by Gasteiger charge is 2.19. The second-order valence-electron chi connectivity index (χ2n) is 5.20. The predicted molar refractivity (Wildman–Crippen MR) is 81.1 cm³/mol. The van der Waals surface area contributed by atoms with Crippen molar-refractivity contribution in [3.63, 3.8) is 0 Å². The van der Waals surface area contributed by atoms with Crippen LogP contribution in [0.15, 0.2) is 48.5 Å². The van der Waals surface area contributed by atoms with Gasteiger partial charge in [0.05, 0.1) is 12.5 Å². The largest absolute Gasteiger partial charge is 0.346 e. The minimum Gasteiger partial charge on any atom is -0.346 e. The molecule has 0 aliphatic carbocycles. The summed E-state index contributed by atoms with van der Waals surface area (Å²) >= 11 is 0. The highest BCUT2D eigenvalue weighted by atomic mass is 16.2. The van der Waals surface area contributed by atoms with E-state index < -0.39 is 0 Å². The zero-order valence-corrected chi connectivity index (χ0v) is 11.7. The lowest BCUT2D eigenvalue weighted by Crippen LogP contribution is -2.26. The first-order valence-corrected chi connectivity index (χ1v) is 6.92. The summed E-state index contributed by atoms with van der Waals surface area (Å²) in [7, 11) is 0. The molecule has 0 aromatic heterocycles. The van der Waals surface area contributed by atoms with Gasteiger partial charge in [-0.3, -0.25) is 9.59 Å². The molecule has 2 aromatic carbocycles. The van der Waals surface area contributed by atoms with Crippen LogP contribution in [0.1, 0.15) is 34.5 Å². The highest BCUT2D eigenvalue weighted by molar-refractivity contribution is 6.01. The first-order valence-electron chi connectivity index (χ1n) is 6.92. The summed E-state index contributed by atoms with van der Waals surface area (Å²) < 4.78 is 0. The molecule has 1 atom stereocenters. The first kappa shape index (κ1) is 13.4. The van der Waals surface area contributed by atoms with Crippen LogP contribution in [-0.2, 0) is 11.2 Å². The van der Waals surface area contributed by atoms with Crippen molar-refractivity contribution < 1.29 is 9.59 Å². The molecule has 1 aliphatic heterocycles. The number of rotatable bonds is 3. The fraction of sp³-hybridized carbons (Fsp3) is 0.176. The molecule has 3 rings (SSSR count). The summed E-state index contributed by atoms with van der Waals surface area (Å²) in [4.78, 5) is 23.6. The van der Waals surface area contributed by atoms with Gasteiger partial charge in [0, 0.05) is 11.3 Å². The molecule has 106 valence electrons. The van der Waals surface area contributed by atoms with E-state index in [1.165, 1.54) is 0 Å². The lowest BCUT2D eigenvalue weighted by molar-refractivity contribution is -0.115. The predicted octanol–water partition coefficient (Wildman–Crippen LogP) is 2.67. The van der Waals surface area contributed by atoms with Gasteiger partial charge < -0.3 is 10.6 Å². The first-order chi connectivity index (χ1) is 10.1. The molecule has 1 aliphatic rings. The van der Waals surface area contributed by atoms with Gasteiger partial charge in [-0.25, -0.2) is 0 Å². The Hall–Kier alpha value is -2.62. The van der Waals surface area contributed by atoms with Gasteiger partial charge in [-0.15, -0.1) is 0 Å². The molecule has 0 fully saturated rings. The quantitative estimate of drug-likeness (QED) is 0.908. The second-order valence-corrected chi connectivity index (χ2v) is 5.20. The third-order valence-electron chi connectivity index (χ3n) is 3.64. The normalized spacial score (nSPS) is 14.2. The number of amides is 2. The molecule has 2 N–H and O–H groups in total. The van der Waals surface area contributed by atoms with Crippen LogP contribution in [-0.4, -0.2) is 11.8 Å². The number of carbonyl (C=O) groups is 2. The van der Waals surface area contributed by atoms with Crippen molar-refractivity contribution in [2.45, 2.75) is 19.4 Å². The molecule has 2 aromatic rings. The van der Waals surface area contributed by atoms with Crippen molar-refractivity contribution in [1.29, 1.82) is 0 Å². The molecule has 0 spiro atoms. The van der Waals surface area contributed by atoms with Gasteiger partial charge in [-0.2, -0.15) is 0 Å². The average Bonchev–Trinajstić information content (AvgIpc) is 2.87. The third-order valence-corrected chi connectivity index (χ3v) is 3.64. The van der Waals surface area contributed by atoms with Gasteiger partial charge in [-0.1, -0.05) is 30.3 Å². The third kappa shape index (κ3) is 2.79. The van der Waals surface area contributed by atoms with Gasteiger partial charge in [0.1, 0.15) is 0 Å².